The van der Waals surface area contributed by atoms with Gasteiger partial charge in [-0.1, -0.05) is 30.7 Å². The monoisotopic (exact) mass is 412 g/mol. The Morgan fingerprint density at radius 1 is 1.03 bits per heavy atom. The van der Waals surface area contributed by atoms with Gasteiger partial charge in [0.1, 0.15) is 11.3 Å². The van der Waals surface area contributed by atoms with E-state index < -0.39 is 10.0 Å². The van der Waals surface area contributed by atoms with E-state index in [2.05, 4.69) is 5.32 Å². The Labute approximate surface area is 170 Å². The van der Waals surface area contributed by atoms with Crippen molar-refractivity contribution in [1.82, 2.24) is 9.62 Å². The summed E-state index contributed by atoms with van der Waals surface area (Å²) in [7, 11) is -3.58. The molecule has 1 aliphatic heterocycles. The molecule has 1 N–H and O–H groups in total. The van der Waals surface area contributed by atoms with Crippen molar-refractivity contribution >= 4 is 26.9 Å². The molecule has 7 heteroatoms. The Hall–Kier alpha value is -2.64. The highest BCUT2D eigenvalue weighted by Crippen LogP contribution is 2.25. The smallest absolute Gasteiger partial charge is 0.251 e. The summed E-state index contributed by atoms with van der Waals surface area (Å²) in [5.41, 5.74) is 1.07. The second-order valence-electron chi connectivity index (χ2n) is 7.37. The summed E-state index contributed by atoms with van der Waals surface area (Å²) in [5, 5.41) is 3.86. The minimum absolute atomic E-state index is 0.156. The van der Waals surface area contributed by atoms with Crippen molar-refractivity contribution in [1.29, 1.82) is 0 Å². The number of fused-ring (bicyclic) bond motifs is 1. The molecule has 29 heavy (non-hydrogen) atoms. The Bertz CT molecular complexity index is 1100. The second kappa shape index (κ2) is 8.00. The van der Waals surface area contributed by atoms with E-state index in [1.165, 1.54) is 10.4 Å². The number of carbonyl (C=O) groups excluding carboxylic acids is 1. The number of nitrogens with one attached hydrogen (secondary N) is 1. The predicted molar refractivity (Wildman–Crippen MR) is 111 cm³/mol. The lowest BCUT2D eigenvalue weighted by Gasteiger charge is -2.26. The zero-order chi connectivity index (χ0) is 20.4. The first-order valence-corrected chi connectivity index (χ1v) is 11.3. The molecule has 0 aliphatic carbocycles. The zero-order valence-electron chi connectivity index (χ0n) is 16.3. The summed E-state index contributed by atoms with van der Waals surface area (Å²) in [4.78, 5) is 12.9. The van der Waals surface area contributed by atoms with Gasteiger partial charge in [0.05, 0.1) is 10.9 Å². The topological polar surface area (TPSA) is 79.6 Å². The van der Waals surface area contributed by atoms with Crippen LogP contribution in [0.3, 0.4) is 0 Å². The van der Waals surface area contributed by atoms with Crippen LogP contribution in [0.1, 0.15) is 48.3 Å². The van der Waals surface area contributed by atoms with Crippen LogP contribution in [-0.2, 0) is 10.0 Å². The Balaban J connectivity index is 1.52. The summed E-state index contributed by atoms with van der Waals surface area (Å²) in [5.74, 6) is 0.310. The van der Waals surface area contributed by atoms with Gasteiger partial charge in [0.15, 0.2) is 0 Å². The molecule has 152 valence electrons. The number of hydrogen-bond donors (Lipinski definition) is 1. The molecular weight excluding hydrogens is 388 g/mol. The van der Waals surface area contributed by atoms with Crippen LogP contribution >= 0.6 is 0 Å². The summed E-state index contributed by atoms with van der Waals surface area (Å²) < 4.78 is 33.1. The molecule has 1 fully saturated rings. The van der Waals surface area contributed by atoms with E-state index in [0.29, 0.717) is 24.4 Å². The molecule has 0 saturated carbocycles. The van der Waals surface area contributed by atoms with E-state index in [0.717, 1.165) is 30.2 Å². The third-order valence-corrected chi connectivity index (χ3v) is 7.16. The van der Waals surface area contributed by atoms with E-state index in [1.807, 2.05) is 37.3 Å². The lowest BCUT2D eigenvalue weighted by atomic mass is 10.1. The predicted octanol–water partition coefficient (Wildman–Crippen LogP) is 4.10. The molecule has 6 nitrogen and oxygen atoms in total. The molecule has 0 spiro atoms. The SMILES string of the molecule is C[C@@H](NC(=O)c1cccc(S(=O)(=O)N2CCCCC2)c1)c1cc2ccccc2o1. The van der Waals surface area contributed by atoms with Crippen LogP contribution in [0.4, 0.5) is 0 Å². The molecule has 2 heterocycles. The van der Waals surface area contributed by atoms with Crippen LogP contribution in [-0.4, -0.2) is 31.7 Å². The number of para-hydroxylation sites is 1. The van der Waals surface area contributed by atoms with Crippen molar-refractivity contribution in [2.45, 2.75) is 37.1 Å². The van der Waals surface area contributed by atoms with E-state index in [9.17, 15) is 13.2 Å². The Morgan fingerprint density at radius 3 is 2.55 bits per heavy atom. The number of rotatable bonds is 5. The molecule has 3 aromatic rings. The van der Waals surface area contributed by atoms with Crippen molar-refractivity contribution < 1.29 is 17.6 Å². The summed E-state index contributed by atoms with van der Waals surface area (Å²) in [6.07, 6.45) is 2.79. The molecule has 2 aromatic carbocycles. The molecule has 0 bridgehead atoms. The largest absolute Gasteiger partial charge is 0.459 e. The number of amides is 1. The van der Waals surface area contributed by atoms with Gasteiger partial charge in [0, 0.05) is 24.0 Å². The minimum atomic E-state index is -3.58. The van der Waals surface area contributed by atoms with E-state index in [4.69, 9.17) is 4.42 Å². The molecule has 0 unspecified atom stereocenters. The van der Waals surface area contributed by atoms with Gasteiger partial charge in [0.2, 0.25) is 10.0 Å². The lowest BCUT2D eigenvalue weighted by molar-refractivity contribution is 0.0935. The lowest BCUT2D eigenvalue weighted by Crippen LogP contribution is -2.35. The van der Waals surface area contributed by atoms with Crippen LogP contribution in [0.2, 0.25) is 0 Å². The fourth-order valence-corrected chi connectivity index (χ4v) is 5.18. The highest BCUT2D eigenvalue weighted by Gasteiger charge is 2.26. The van der Waals surface area contributed by atoms with E-state index in [-0.39, 0.29) is 16.8 Å². The van der Waals surface area contributed by atoms with Crippen LogP contribution < -0.4 is 5.32 Å². The quantitative estimate of drug-likeness (QED) is 0.684. The summed E-state index contributed by atoms with van der Waals surface area (Å²) in [6, 6.07) is 15.4. The van der Waals surface area contributed by atoms with Gasteiger partial charge in [-0.25, -0.2) is 8.42 Å². The molecule has 1 atom stereocenters. The number of carbonyl (C=O) groups is 1. The van der Waals surface area contributed by atoms with E-state index in [1.54, 1.807) is 18.2 Å². The first kappa shape index (κ1) is 19.7. The third-order valence-electron chi connectivity index (χ3n) is 5.27. The number of nitrogens with zero attached hydrogens (tertiary/aromatic N) is 1. The summed E-state index contributed by atoms with van der Waals surface area (Å²) >= 11 is 0. The van der Waals surface area contributed by atoms with Crippen molar-refractivity contribution in [3.63, 3.8) is 0 Å². The number of furan rings is 1. The molecule has 4 rings (SSSR count). The fourth-order valence-electron chi connectivity index (χ4n) is 3.62. The van der Waals surface area contributed by atoms with Gasteiger partial charge in [-0.05, 0) is 50.1 Å². The fraction of sp³-hybridized carbons (Fsp3) is 0.318. The first-order valence-electron chi connectivity index (χ1n) is 9.85. The normalized spacial score (nSPS) is 16.6. The third kappa shape index (κ3) is 4.06. The molecular formula is C22H24N2O4S. The first-order chi connectivity index (χ1) is 13.9. The van der Waals surface area contributed by atoms with Crippen LogP contribution in [0, 0.1) is 0 Å². The van der Waals surface area contributed by atoms with Crippen LogP contribution in [0.15, 0.2) is 63.9 Å². The van der Waals surface area contributed by atoms with Crippen LogP contribution in [0.5, 0.6) is 0 Å². The highest BCUT2D eigenvalue weighted by atomic mass is 32.2. The van der Waals surface area contributed by atoms with Crippen molar-refractivity contribution in [2.24, 2.45) is 0 Å². The maximum Gasteiger partial charge on any atom is 0.251 e. The van der Waals surface area contributed by atoms with Crippen LogP contribution in [0.25, 0.3) is 11.0 Å². The van der Waals surface area contributed by atoms with Crippen molar-refractivity contribution in [2.75, 3.05) is 13.1 Å². The van der Waals surface area contributed by atoms with E-state index >= 15 is 0 Å². The van der Waals surface area contributed by atoms with Gasteiger partial charge in [-0.15, -0.1) is 0 Å². The molecule has 1 aromatic heterocycles. The molecule has 1 aliphatic rings. The van der Waals surface area contributed by atoms with Crippen molar-refractivity contribution in [3.05, 3.63) is 65.9 Å². The highest BCUT2D eigenvalue weighted by molar-refractivity contribution is 7.89. The van der Waals surface area contributed by atoms with Gasteiger partial charge in [-0.3, -0.25) is 4.79 Å². The average molecular weight is 413 g/mol. The van der Waals surface area contributed by atoms with Crippen molar-refractivity contribution in [3.8, 4) is 0 Å². The molecule has 1 amide bonds. The zero-order valence-corrected chi connectivity index (χ0v) is 17.1. The maximum absolute atomic E-state index is 12.9. The van der Waals surface area contributed by atoms with Gasteiger partial charge in [-0.2, -0.15) is 4.31 Å². The number of sulfonamides is 1. The Kier molecular flexibility index (Phi) is 5.43. The summed E-state index contributed by atoms with van der Waals surface area (Å²) in [6.45, 7) is 2.90. The second-order valence-corrected chi connectivity index (χ2v) is 9.31. The number of benzene rings is 2. The van der Waals surface area contributed by atoms with Gasteiger partial charge in [0.25, 0.3) is 5.91 Å². The van der Waals surface area contributed by atoms with Gasteiger partial charge < -0.3 is 9.73 Å². The van der Waals surface area contributed by atoms with Gasteiger partial charge >= 0.3 is 0 Å². The molecule has 1 saturated heterocycles. The number of piperidine rings is 1. The molecule has 0 radical (unpaired) electrons. The number of hydrogen-bond acceptors (Lipinski definition) is 4. The minimum Gasteiger partial charge on any atom is -0.459 e. The standard InChI is InChI=1S/C22H24N2O4S/c1-16(21-15-17-8-3-4-11-20(17)28-21)23-22(25)18-9-7-10-19(14-18)29(26,27)24-12-5-2-6-13-24/h3-4,7-11,14-16H,2,5-6,12-13H2,1H3,(H,23,25)/t16-/m1/s1. The maximum atomic E-state index is 12.9. The Morgan fingerprint density at radius 2 is 1.79 bits per heavy atom. The average Bonchev–Trinajstić information content (AvgIpc) is 3.19.